The van der Waals surface area contributed by atoms with Crippen LogP contribution < -0.4 is 4.74 Å². The number of halogens is 3. The van der Waals surface area contributed by atoms with Crippen LogP contribution in [-0.4, -0.2) is 89.9 Å². The van der Waals surface area contributed by atoms with E-state index in [4.69, 9.17) is 9.84 Å². The van der Waals surface area contributed by atoms with Crippen molar-refractivity contribution in [1.82, 2.24) is 14.7 Å². The molecule has 0 bridgehead atoms. The second kappa shape index (κ2) is 11.6. The van der Waals surface area contributed by atoms with Crippen LogP contribution in [0.15, 0.2) is 42.0 Å². The smallest absolute Gasteiger partial charge is 0.317 e. The van der Waals surface area contributed by atoms with E-state index in [0.717, 1.165) is 61.3 Å². The number of carbonyl (C=O) groups is 1. The number of rotatable bonds is 9. The number of carboxylic acid groups (broad SMARTS) is 1. The van der Waals surface area contributed by atoms with Crippen LogP contribution in [0.5, 0.6) is 5.75 Å². The number of likely N-dealkylation sites (tertiary alicyclic amines) is 2. The highest BCUT2D eigenvalue weighted by molar-refractivity contribution is 5.79. The molecule has 2 saturated heterocycles. The molecule has 2 aromatic carbocycles. The molecule has 2 fully saturated rings. The Kier molecular flexibility index (Phi) is 8.11. The zero-order valence-corrected chi connectivity index (χ0v) is 25.3. The lowest BCUT2D eigenvalue weighted by molar-refractivity contribution is -0.143. The normalized spacial score (nSPS) is 24.1. The summed E-state index contributed by atoms with van der Waals surface area (Å²) in [5.41, 5.74) is 3.00. The number of fused-ring (bicyclic) bond motifs is 2. The largest absolute Gasteiger partial charge is 0.492 e. The Balaban J connectivity index is 1.14. The van der Waals surface area contributed by atoms with E-state index in [2.05, 4.69) is 17.0 Å². The minimum atomic E-state index is -1.53. The Labute approximate surface area is 252 Å². The Morgan fingerprint density at radius 1 is 1.09 bits per heavy atom. The molecule has 3 heterocycles. The standard InChI is InChI=1S/C34H42F3N3O3/c1-22-14-26-25-7-5-4-6-23(25)15-27(26)32(40(22)19-33(2,3)37)31-28(35)16-24(17-29(31)36)43-13-12-38-10-8-34(9-11-38)20-39(21-34)18-30(41)42/h4-7,16-17,22,32H,8-15,18-21H2,1-3H3,(H,41,42)/t22-,32+/m1/s1. The molecule has 232 valence electrons. The monoisotopic (exact) mass is 597 g/mol. The Bertz CT molecular complexity index is 1380. The number of alkyl halides is 1. The van der Waals surface area contributed by atoms with Gasteiger partial charge in [-0.2, -0.15) is 0 Å². The Hall–Kier alpha value is -2.88. The first-order chi connectivity index (χ1) is 20.4. The summed E-state index contributed by atoms with van der Waals surface area (Å²) in [7, 11) is 0. The van der Waals surface area contributed by atoms with Gasteiger partial charge in [0.15, 0.2) is 0 Å². The summed E-state index contributed by atoms with van der Waals surface area (Å²) in [5, 5.41) is 8.99. The molecule has 0 radical (unpaired) electrons. The van der Waals surface area contributed by atoms with Gasteiger partial charge >= 0.3 is 5.97 Å². The summed E-state index contributed by atoms with van der Waals surface area (Å²) >= 11 is 0. The van der Waals surface area contributed by atoms with E-state index in [-0.39, 0.29) is 35.9 Å². The molecule has 43 heavy (non-hydrogen) atoms. The van der Waals surface area contributed by atoms with Crippen LogP contribution in [-0.2, 0) is 11.2 Å². The molecule has 2 aromatic rings. The van der Waals surface area contributed by atoms with Gasteiger partial charge < -0.3 is 9.84 Å². The second-order valence-electron chi connectivity index (χ2n) is 13.7. The fourth-order valence-electron chi connectivity index (χ4n) is 7.82. The summed E-state index contributed by atoms with van der Waals surface area (Å²) in [5.74, 6) is -1.98. The van der Waals surface area contributed by atoms with Crippen molar-refractivity contribution in [3.63, 3.8) is 0 Å². The number of nitrogens with zero attached hydrogens (tertiary/aromatic N) is 3. The van der Waals surface area contributed by atoms with E-state index in [1.165, 1.54) is 26.0 Å². The number of ether oxygens (including phenoxy) is 1. The number of benzene rings is 2. The van der Waals surface area contributed by atoms with Crippen LogP contribution >= 0.6 is 0 Å². The van der Waals surface area contributed by atoms with Gasteiger partial charge in [0.1, 0.15) is 29.7 Å². The lowest BCUT2D eigenvalue weighted by atomic mass is 9.72. The van der Waals surface area contributed by atoms with E-state index >= 15 is 13.2 Å². The molecule has 4 aliphatic rings. The van der Waals surface area contributed by atoms with Gasteiger partial charge in [0.25, 0.3) is 0 Å². The molecule has 0 amide bonds. The van der Waals surface area contributed by atoms with E-state index in [1.807, 2.05) is 28.9 Å². The zero-order valence-electron chi connectivity index (χ0n) is 25.3. The number of hydrogen-bond acceptors (Lipinski definition) is 5. The molecule has 0 aromatic heterocycles. The van der Waals surface area contributed by atoms with Gasteiger partial charge in [0.05, 0.1) is 12.6 Å². The van der Waals surface area contributed by atoms with Gasteiger partial charge in [-0.05, 0) is 87.2 Å². The predicted molar refractivity (Wildman–Crippen MR) is 160 cm³/mol. The Morgan fingerprint density at radius 2 is 1.77 bits per heavy atom. The predicted octanol–water partition coefficient (Wildman–Crippen LogP) is 5.72. The maximum Gasteiger partial charge on any atom is 0.317 e. The van der Waals surface area contributed by atoms with E-state index in [0.29, 0.717) is 26.0 Å². The van der Waals surface area contributed by atoms with Gasteiger partial charge in [0, 0.05) is 49.9 Å². The van der Waals surface area contributed by atoms with Crippen LogP contribution in [0, 0.1) is 17.0 Å². The number of piperidine rings is 1. The van der Waals surface area contributed by atoms with Crippen molar-refractivity contribution in [1.29, 1.82) is 0 Å². The molecular formula is C34H42F3N3O3. The van der Waals surface area contributed by atoms with Crippen LogP contribution in [0.2, 0.25) is 0 Å². The third-order valence-electron chi connectivity index (χ3n) is 9.79. The van der Waals surface area contributed by atoms with Crippen LogP contribution in [0.3, 0.4) is 0 Å². The van der Waals surface area contributed by atoms with E-state index in [1.54, 1.807) is 0 Å². The molecule has 1 N–H and O–H groups in total. The molecule has 2 atom stereocenters. The average molecular weight is 598 g/mol. The summed E-state index contributed by atoms with van der Waals surface area (Å²) in [6.45, 7) is 9.61. The van der Waals surface area contributed by atoms with E-state index in [9.17, 15) is 4.79 Å². The molecule has 0 saturated carbocycles. The maximum absolute atomic E-state index is 15.9. The van der Waals surface area contributed by atoms with Gasteiger partial charge in [-0.15, -0.1) is 0 Å². The Morgan fingerprint density at radius 3 is 2.42 bits per heavy atom. The van der Waals surface area contributed by atoms with Crippen molar-refractivity contribution in [2.45, 2.75) is 64.2 Å². The molecule has 1 spiro atoms. The first-order valence-electron chi connectivity index (χ1n) is 15.4. The van der Waals surface area contributed by atoms with Gasteiger partial charge in [-0.3, -0.25) is 19.5 Å². The quantitative estimate of drug-likeness (QED) is 0.399. The number of aliphatic carboxylic acids is 1. The zero-order chi connectivity index (χ0) is 30.5. The molecule has 1 aliphatic carbocycles. The highest BCUT2D eigenvalue weighted by Gasteiger charge is 2.45. The minimum absolute atomic E-state index is 0.0396. The fraction of sp³-hybridized carbons (Fsp3) is 0.559. The van der Waals surface area contributed by atoms with Crippen LogP contribution in [0.25, 0.3) is 5.57 Å². The highest BCUT2D eigenvalue weighted by Crippen LogP contribution is 2.50. The van der Waals surface area contributed by atoms with Gasteiger partial charge in [-0.25, -0.2) is 13.2 Å². The SMILES string of the molecule is C[C@@H]1CC2=C(Cc3ccccc32)[C@@H](c2c(F)cc(OCCN3CCC4(CC3)CN(CC(=O)O)C4)cc2F)N1CC(C)(C)F. The summed E-state index contributed by atoms with van der Waals surface area (Å²) in [4.78, 5) is 17.1. The lowest BCUT2D eigenvalue weighted by Crippen LogP contribution is -2.61. The molecule has 6 nitrogen and oxygen atoms in total. The minimum Gasteiger partial charge on any atom is -0.492 e. The summed E-state index contributed by atoms with van der Waals surface area (Å²) < 4.78 is 52.7. The van der Waals surface area contributed by atoms with Crippen molar-refractivity contribution < 1.29 is 27.8 Å². The van der Waals surface area contributed by atoms with Gasteiger partial charge in [-0.1, -0.05) is 24.3 Å². The van der Waals surface area contributed by atoms with Gasteiger partial charge in [0.2, 0.25) is 0 Å². The second-order valence-corrected chi connectivity index (χ2v) is 13.7. The summed E-state index contributed by atoms with van der Waals surface area (Å²) in [6.07, 6.45) is 3.32. The molecule has 6 rings (SSSR count). The maximum atomic E-state index is 15.9. The number of carboxylic acids is 1. The molecule has 9 heteroatoms. The van der Waals surface area contributed by atoms with Crippen molar-refractivity contribution in [2.75, 3.05) is 52.4 Å². The topological polar surface area (TPSA) is 56.3 Å². The van der Waals surface area contributed by atoms with Crippen molar-refractivity contribution in [3.8, 4) is 5.75 Å². The third-order valence-corrected chi connectivity index (χ3v) is 9.79. The molecule has 3 aliphatic heterocycles. The highest BCUT2D eigenvalue weighted by atomic mass is 19.1. The number of hydrogen-bond donors (Lipinski definition) is 1. The van der Waals surface area contributed by atoms with Crippen molar-refractivity contribution >= 4 is 11.5 Å². The van der Waals surface area contributed by atoms with Crippen LogP contribution in [0.4, 0.5) is 13.2 Å². The molecular weight excluding hydrogens is 555 g/mol. The van der Waals surface area contributed by atoms with E-state index < -0.39 is 29.3 Å². The average Bonchev–Trinajstić information content (AvgIpc) is 3.27. The molecule has 0 unspecified atom stereocenters. The van der Waals surface area contributed by atoms with Crippen molar-refractivity contribution in [3.05, 3.63) is 70.3 Å². The first kappa shape index (κ1) is 30.2. The fourth-order valence-corrected chi connectivity index (χ4v) is 7.82. The first-order valence-corrected chi connectivity index (χ1v) is 15.4. The lowest BCUT2D eigenvalue weighted by Gasteiger charge is -2.53. The van der Waals surface area contributed by atoms with Crippen molar-refractivity contribution in [2.24, 2.45) is 5.41 Å². The summed E-state index contributed by atoms with van der Waals surface area (Å²) in [6, 6.07) is 9.86. The third kappa shape index (κ3) is 6.22. The van der Waals surface area contributed by atoms with Crippen LogP contribution in [0.1, 0.15) is 62.8 Å².